The molecule has 1 aromatic heterocycles. The number of unbranched alkanes of at least 4 members (excludes halogenated alkanes) is 2. The van der Waals surface area contributed by atoms with Crippen LogP contribution < -0.4 is 14.8 Å². The summed E-state index contributed by atoms with van der Waals surface area (Å²) in [5, 5.41) is 3.15. The number of hydrogen-bond acceptors (Lipinski definition) is 4. The Hall–Kier alpha value is -3.02. The fourth-order valence-electron chi connectivity index (χ4n) is 4.80. The first kappa shape index (κ1) is 24.1. The van der Waals surface area contributed by atoms with Crippen LogP contribution in [0.15, 0.2) is 48.5 Å². The highest BCUT2D eigenvalue weighted by Gasteiger charge is 2.20. The van der Waals surface area contributed by atoms with Gasteiger partial charge in [-0.1, -0.05) is 37.8 Å². The van der Waals surface area contributed by atoms with E-state index in [9.17, 15) is 4.79 Å². The van der Waals surface area contributed by atoms with Gasteiger partial charge in [0.25, 0.3) is 0 Å². The molecule has 0 radical (unpaired) electrons. The number of carbonyl (C=O) groups excluding carboxylic acids is 1. The highest BCUT2D eigenvalue weighted by Crippen LogP contribution is 2.24. The maximum Gasteiger partial charge on any atom is 0.223 e. The molecular formula is C28H37N3O3. The van der Waals surface area contributed by atoms with Crippen molar-refractivity contribution in [1.29, 1.82) is 0 Å². The fraction of sp³-hybridized carbons (Fsp3) is 0.500. The molecule has 6 heteroatoms. The molecule has 4 rings (SSSR count). The molecule has 0 unspecified atom stereocenters. The molecular weight excluding hydrogens is 426 g/mol. The van der Waals surface area contributed by atoms with Crippen LogP contribution in [0.4, 0.5) is 0 Å². The van der Waals surface area contributed by atoms with Crippen molar-refractivity contribution >= 4 is 16.9 Å². The molecule has 1 amide bonds. The van der Waals surface area contributed by atoms with Crippen molar-refractivity contribution < 1.29 is 14.3 Å². The summed E-state index contributed by atoms with van der Waals surface area (Å²) in [5.41, 5.74) is 2.18. The Kier molecular flexibility index (Phi) is 8.83. The average molecular weight is 464 g/mol. The van der Waals surface area contributed by atoms with E-state index in [1.54, 1.807) is 7.11 Å². The number of imidazole rings is 1. The van der Waals surface area contributed by atoms with Gasteiger partial charge in [-0.2, -0.15) is 0 Å². The lowest BCUT2D eigenvalue weighted by Gasteiger charge is -2.20. The average Bonchev–Trinajstić information content (AvgIpc) is 3.24. The largest absolute Gasteiger partial charge is 0.497 e. The van der Waals surface area contributed by atoms with Crippen molar-refractivity contribution in [2.45, 2.75) is 64.3 Å². The summed E-state index contributed by atoms with van der Waals surface area (Å²) in [6.07, 6.45) is 9.87. The molecule has 0 aliphatic heterocycles. The SMILES string of the molecule is COc1ccc(OCCn2c(CCCCCNC(=O)C3CCCCC3)nc3ccccc32)cc1. The molecule has 0 bridgehead atoms. The number of fused-ring (bicyclic) bond motifs is 1. The Morgan fingerprint density at radius 2 is 1.76 bits per heavy atom. The summed E-state index contributed by atoms with van der Waals surface area (Å²) in [4.78, 5) is 17.2. The van der Waals surface area contributed by atoms with E-state index in [1.807, 2.05) is 30.3 Å². The summed E-state index contributed by atoms with van der Waals surface area (Å²) in [7, 11) is 1.66. The van der Waals surface area contributed by atoms with Crippen LogP contribution in [0, 0.1) is 5.92 Å². The minimum absolute atomic E-state index is 0.244. The third-order valence-electron chi connectivity index (χ3n) is 6.73. The minimum atomic E-state index is 0.244. The number of aryl methyl sites for hydroxylation is 1. The maximum absolute atomic E-state index is 12.3. The molecule has 182 valence electrons. The Morgan fingerprint density at radius 3 is 2.56 bits per heavy atom. The van der Waals surface area contributed by atoms with Gasteiger partial charge in [0.15, 0.2) is 0 Å². The summed E-state index contributed by atoms with van der Waals surface area (Å²) < 4.78 is 13.5. The molecule has 1 aliphatic rings. The summed E-state index contributed by atoms with van der Waals surface area (Å²) in [6.45, 7) is 2.10. The standard InChI is InChI=1S/C28H37N3O3/c1-33-23-15-17-24(18-16-23)34-21-20-31-26-13-8-7-12-25(26)30-27(31)14-6-3-9-19-29-28(32)22-10-4-2-5-11-22/h7-8,12-13,15-18,22H,2-6,9-11,14,19-21H2,1H3,(H,29,32). The molecule has 2 aromatic carbocycles. The Labute approximate surface area is 202 Å². The Bertz CT molecular complexity index is 1040. The van der Waals surface area contributed by atoms with Crippen LogP contribution in [0.3, 0.4) is 0 Å². The highest BCUT2D eigenvalue weighted by atomic mass is 16.5. The van der Waals surface area contributed by atoms with Gasteiger partial charge in [-0.05, 0) is 62.1 Å². The number of benzene rings is 2. The molecule has 3 aromatic rings. The number of amides is 1. The number of nitrogens with zero attached hydrogens (tertiary/aromatic N) is 2. The van der Waals surface area contributed by atoms with Gasteiger partial charge in [-0.15, -0.1) is 0 Å². The number of rotatable bonds is 12. The third kappa shape index (κ3) is 6.52. The van der Waals surface area contributed by atoms with Gasteiger partial charge in [0.2, 0.25) is 5.91 Å². The van der Waals surface area contributed by atoms with Crippen LogP contribution in [0.25, 0.3) is 11.0 Å². The van der Waals surface area contributed by atoms with E-state index in [1.165, 1.54) is 19.3 Å². The van der Waals surface area contributed by atoms with Crippen LogP contribution in [0.5, 0.6) is 11.5 Å². The van der Waals surface area contributed by atoms with E-state index in [-0.39, 0.29) is 11.8 Å². The number of carbonyl (C=O) groups is 1. The van der Waals surface area contributed by atoms with Crippen LogP contribution in [-0.2, 0) is 17.8 Å². The van der Waals surface area contributed by atoms with E-state index < -0.39 is 0 Å². The fourth-order valence-corrected chi connectivity index (χ4v) is 4.80. The Morgan fingerprint density at radius 1 is 1.00 bits per heavy atom. The van der Waals surface area contributed by atoms with Crippen LogP contribution >= 0.6 is 0 Å². The predicted octanol–water partition coefficient (Wildman–Crippen LogP) is 5.53. The molecule has 0 saturated heterocycles. The first-order valence-electron chi connectivity index (χ1n) is 12.7. The zero-order valence-electron chi connectivity index (χ0n) is 20.3. The third-order valence-corrected chi connectivity index (χ3v) is 6.73. The quantitative estimate of drug-likeness (QED) is 0.359. The molecule has 1 fully saturated rings. The van der Waals surface area contributed by atoms with E-state index >= 15 is 0 Å². The molecule has 34 heavy (non-hydrogen) atoms. The zero-order valence-corrected chi connectivity index (χ0v) is 20.3. The molecule has 1 heterocycles. The molecule has 6 nitrogen and oxygen atoms in total. The summed E-state index contributed by atoms with van der Waals surface area (Å²) in [6, 6.07) is 16.0. The van der Waals surface area contributed by atoms with Crippen molar-refractivity contribution in [3.63, 3.8) is 0 Å². The van der Waals surface area contributed by atoms with Gasteiger partial charge in [0.1, 0.15) is 23.9 Å². The normalized spacial score (nSPS) is 14.3. The first-order chi connectivity index (χ1) is 16.7. The van der Waals surface area contributed by atoms with Crippen molar-refractivity contribution in [1.82, 2.24) is 14.9 Å². The molecule has 1 N–H and O–H groups in total. The van der Waals surface area contributed by atoms with Gasteiger partial charge in [0.05, 0.1) is 24.7 Å². The van der Waals surface area contributed by atoms with E-state index in [2.05, 4.69) is 28.1 Å². The number of aromatic nitrogens is 2. The lowest BCUT2D eigenvalue weighted by molar-refractivity contribution is -0.125. The number of ether oxygens (including phenoxy) is 2. The number of methoxy groups -OCH3 is 1. The second kappa shape index (κ2) is 12.4. The number of para-hydroxylation sites is 2. The van der Waals surface area contributed by atoms with Crippen molar-refractivity contribution in [3.05, 3.63) is 54.4 Å². The summed E-state index contributed by atoms with van der Waals surface area (Å²) >= 11 is 0. The van der Waals surface area contributed by atoms with Gasteiger partial charge < -0.3 is 19.4 Å². The molecule has 1 aliphatic carbocycles. The second-order valence-electron chi connectivity index (χ2n) is 9.13. The Balaban J connectivity index is 1.24. The lowest BCUT2D eigenvalue weighted by Crippen LogP contribution is -2.32. The number of hydrogen-bond donors (Lipinski definition) is 1. The van der Waals surface area contributed by atoms with Gasteiger partial charge in [-0.25, -0.2) is 4.98 Å². The van der Waals surface area contributed by atoms with Crippen molar-refractivity contribution in [3.8, 4) is 11.5 Å². The van der Waals surface area contributed by atoms with Gasteiger partial charge in [0, 0.05) is 18.9 Å². The highest BCUT2D eigenvalue weighted by molar-refractivity contribution is 5.78. The lowest BCUT2D eigenvalue weighted by atomic mass is 9.89. The predicted molar refractivity (Wildman–Crippen MR) is 135 cm³/mol. The minimum Gasteiger partial charge on any atom is -0.497 e. The van der Waals surface area contributed by atoms with Crippen LogP contribution in [0.1, 0.15) is 57.2 Å². The molecule has 0 atom stereocenters. The van der Waals surface area contributed by atoms with Crippen molar-refractivity contribution in [2.75, 3.05) is 20.3 Å². The zero-order chi connectivity index (χ0) is 23.6. The van der Waals surface area contributed by atoms with E-state index in [0.29, 0.717) is 6.61 Å². The second-order valence-corrected chi connectivity index (χ2v) is 9.13. The molecule has 0 spiro atoms. The first-order valence-corrected chi connectivity index (χ1v) is 12.7. The van der Waals surface area contributed by atoms with Gasteiger partial charge in [-0.3, -0.25) is 4.79 Å². The molecule has 1 saturated carbocycles. The van der Waals surface area contributed by atoms with Crippen LogP contribution in [-0.4, -0.2) is 35.7 Å². The number of nitrogens with one attached hydrogen (secondary N) is 1. The van der Waals surface area contributed by atoms with Crippen LogP contribution in [0.2, 0.25) is 0 Å². The summed E-state index contributed by atoms with van der Waals surface area (Å²) in [5.74, 6) is 3.27. The van der Waals surface area contributed by atoms with E-state index in [4.69, 9.17) is 14.5 Å². The van der Waals surface area contributed by atoms with Gasteiger partial charge >= 0.3 is 0 Å². The van der Waals surface area contributed by atoms with Crippen molar-refractivity contribution in [2.24, 2.45) is 5.92 Å². The smallest absolute Gasteiger partial charge is 0.223 e. The topological polar surface area (TPSA) is 65.4 Å². The monoisotopic (exact) mass is 463 g/mol. The maximum atomic E-state index is 12.3. The van der Waals surface area contributed by atoms with E-state index in [0.717, 1.165) is 80.0 Å².